The van der Waals surface area contributed by atoms with Gasteiger partial charge in [-0.2, -0.15) is 12.6 Å². The van der Waals surface area contributed by atoms with E-state index in [1.54, 1.807) is 0 Å². The van der Waals surface area contributed by atoms with Crippen LogP contribution in [0.3, 0.4) is 0 Å². The van der Waals surface area contributed by atoms with Crippen molar-refractivity contribution in [3.8, 4) is 0 Å². The Morgan fingerprint density at radius 3 is 2.36 bits per heavy atom. The smallest absolute Gasteiger partial charge is 0.109 e. The summed E-state index contributed by atoms with van der Waals surface area (Å²) < 4.78 is 5.43. The van der Waals surface area contributed by atoms with Gasteiger partial charge in [0.2, 0.25) is 0 Å². The van der Waals surface area contributed by atoms with Crippen molar-refractivity contribution in [2.45, 2.75) is 49.4 Å². The Labute approximate surface area is 89.3 Å². The maximum absolute atomic E-state index is 9.63. The van der Waals surface area contributed by atoms with Gasteiger partial charge in [0, 0.05) is 0 Å². The predicted molar refractivity (Wildman–Crippen MR) is 55.4 cm³/mol. The zero-order chi connectivity index (χ0) is 10.7. The second kappa shape index (κ2) is 5.32. The van der Waals surface area contributed by atoms with E-state index in [2.05, 4.69) is 12.6 Å². The summed E-state index contributed by atoms with van der Waals surface area (Å²) in [7, 11) is 0. The Morgan fingerprint density at radius 1 is 1.21 bits per heavy atom. The summed E-state index contributed by atoms with van der Waals surface area (Å²) in [6, 6.07) is 0. The summed E-state index contributed by atoms with van der Waals surface area (Å²) in [5, 5.41) is 27.7. The molecule has 0 amide bonds. The van der Waals surface area contributed by atoms with Gasteiger partial charge in [0.15, 0.2) is 0 Å². The predicted octanol–water partition coefficient (Wildman–Crippen LogP) is -0.434. The molecule has 5 unspecified atom stereocenters. The molecule has 5 atom stereocenters. The average molecular weight is 222 g/mol. The van der Waals surface area contributed by atoms with Crippen molar-refractivity contribution in [1.82, 2.24) is 0 Å². The molecule has 1 saturated heterocycles. The first-order chi connectivity index (χ1) is 6.61. The fourth-order valence-electron chi connectivity index (χ4n) is 1.70. The molecule has 0 aliphatic carbocycles. The minimum absolute atomic E-state index is 0.195. The average Bonchev–Trinajstić information content (AvgIpc) is 2.19. The molecule has 3 N–H and O–H groups in total. The quantitative estimate of drug-likeness (QED) is 0.489. The van der Waals surface area contributed by atoms with Crippen LogP contribution in [0.1, 0.15) is 19.8 Å². The summed E-state index contributed by atoms with van der Waals surface area (Å²) in [5.74, 6) is 0. The molecule has 1 rings (SSSR count). The molecule has 4 nitrogen and oxygen atoms in total. The molecular formula is C9H18O4S. The van der Waals surface area contributed by atoms with Crippen molar-refractivity contribution in [3.63, 3.8) is 0 Å². The van der Waals surface area contributed by atoms with E-state index in [9.17, 15) is 10.2 Å². The Bertz CT molecular complexity index is 174. The normalized spacial score (nSPS) is 43.9. The zero-order valence-corrected chi connectivity index (χ0v) is 9.10. The standard InChI is InChI=1S/C9H18O4S/c1-2-3-5-9(14)8(12)7(11)6(4-10)13-5/h5-12,14H,2-4H2,1H3. The van der Waals surface area contributed by atoms with Gasteiger partial charge in [-0.25, -0.2) is 0 Å². The first kappa shape index (κ1) is 12.3. The van der Waals surface area contributed by atoms with E-state index in [4.69, 9.17) is 9.84 Å². The molecule has 0 saturated carbocycles. The highest BCUT2D eigenvalue weighted by Gasteiger charge is 2.41. The monoisotopic (exact) mass is 222 g/mol. The topological polar surface area (TPSA) is 69.9 Å². The van der Waals surface area contributed by atoms with E-state index in [1.807, 2.05) is 6.92 Å². The van der Waals surface area contributed by atoms with Gasteiger partial charge in [0.05, 0.1) is 24.1 Å². The van der Waals surface area contributed by atoms with E-state index >= 15 is 0 Å². The lowest BCUT2D eigenvalue weighted by Crippen LogP contribution is -2.56. The highest BCUT2D eigenvalue weighted by Crippen LogP contribution is 2.27. The lowest BCUT2D eigenvalue weighted by molar-refractivity contribution is -0.176. The van der Waals surface area contributed by atoms with Gasteiger partial charge in [-0.1, -0.05) is 13.3 Å². The summed E-state index contributed by atoms with van der Waals surface area (Å²) in [5.41, 5.74) is 0. The van der Waals surface area contributed by atoms with Crippen molar-refractivity contribution >= 4 is 12.6 Å². The SMILES string of the molecule is CCCC1OC(CO)C(O)C(O)C1S. The number of aliphatic hydroxyl groups is 3. The molecule has 1 fully saturated rings. The second-order valence-corrected chi connectivity index (χ2v) is 4.25. The van der Waals surface area contributed by atoms with Crippen LogP contribution in [-0.2, 0) is 4.74 Å². The summed E-state index contributed by atoms with van der Waals surface area (Å²) >= 11 is 4.21. The highest BCUT2D eigenvalue weighted by molar-refractivity contribution is 7.81. The number of thiol groups is 1. The maximum atomic E-state index is 9.63. The Balaban J connectivity index is 2.63. The van der Waals surface area contributed by atoms with Crippen LogP contribution in [0.15, 0.2) is 0 Å². The van der Waals surface area contributed by atoms with Gasteiger partial charge >= 0.3 is 0 Å². The van der Waals surface area contributed by atoms with Gasteiger partial charge < -0.3 is 20.1 Å². The number of aliphatic hydroxyl groups excluding tert-OH is 3. The first-order valence-corrected chi connectivity index (χ1v) is 5.44. The highest BCUT2D eigenvalue weighted by atomic mass is 32.1. The van der Waals surface area contributed by atoms with Gasteiger partial charge in [0.1, 0.15) is 12.2 Å². The Hall–Kier alpha value is 0.190. The van der Waals surface area contributed by atoms with Crippen molar-refractivity contribution in [2.75, 3.05) is 6.61 Å². The van der Waals surface area contributed by atoms with Crippen LogP contribution in [0.5, 0.6) is 0 Å². The molecule has 0 aromatic heterocycles. The van der Waals surface area contributed by atoms with E-state index in [-0.39, 0.29) is 18.0 Å². The van der Waals surface area contributed by atoms with Gasteiger partial charge in [0.25, 0.3) is 0 Å². The Kier molecular flexibility index (Phi) is 4.66. The van der Waals surface area contributed by atoms with Crippen LogP contribution in [-0.4, -0.2) is 51.6 Å². The number of hydrogen-bond donors (Lipinski definition) is 4. The molecule has 1 aliphatic heterocycles. The van der Waals surface area contributed by atoms with Crippen LogP contribution in [0.25, 0.3) is 0 Å². The van der Waals surface area contributed by atoms with Crippen LogP contribution in [0.2, 0.25) is 0 Å². The van der Waals surface area contributed by atoms with E-state index < -0.39 is 18.3 Å². The zero-order valence-electron chi connectivity index (χ0n) is 8.21. The van der Waals surface area contributed by atoms with Crippen LogP contribution in [0, 0.1) is 0 Å². The fraction of sp³-hybridized carbons (Fsp3) is 1.00. The molecule has 0 aromatic carbocycles. The Morgan fingerprint density at radius 2 is 1.86 bits per heavy atom. The van der Waals surface area contributed by atoms with Crippen molar-refractivity contribution in [1.29, 1.82) is 0 Å². The summed E-state index contributed by atoms with van der Waals surface area (Å²) in [4.78, 5) is 0. The molecule has 14 heavy (non-hydrogen) atoms. The minimum Gasteiger partial charge on any atom is -0.394 e. The van der Waals surface area contributed by atoms with E-state index in [1.165, 1.54) is 0 Å². The van der Waals surface area contributed by atoms with Gasteiger partial charge in [-0.3, -0.25) is 0 Å². The van der Waals surface area contributed by atoms with Crippen LogP contribution in [0.4, 0.5) is 0 Å². The molecule has 1 heterocycles. The molecule has 84 valence electrons. The molecule has 0 radical (unpaired) electrons. The van der Waals surface area contributed by atoms with Crippen LogP contribution < -0.4 is 0 Å². The van der Waals surface area contributed by atoms with Gasteiger partial charge in [-0.05, 0) is 6.42 Å². The number of hydrogen-bond acceptors (Lipinski definition) is 5. The first-order valence-electron chi connectivity index (χ1n) is 4.92. The third-order valence-corrected chi connectivity index (χ3v) is 3.20. The molecular weight excluding hydrogens is 204 g/mol. The van der Waals surface area contributed by atoms with Crippen molar-refractivity contribution < 1.29 is 20.1 Å². The van der Waals surface area contributed by atoms with E-state index in [0.29, 0.717) is 0 Å². The fourth-order valence-corrected chi connectivity index (χ4v) is 2.10. The van der Waals surface area contributed by atoms with Crippen molar-refractivity contribution in [3.05, 3.63) is 0 Å². The second-order valence-electron chi connectivity index (χ2n) is 3.66. The number of rotatable bonds is 3. The lowest BCUT2D eigenvalue weighted by Gasteiger charge is -2.40. The minimum atomic E-state index is -1.05. The van der Waals surface area contributed by atoms with Gasteiger partial charge in [-0.15, -0.1) is 0 Å². The third kappa shape index (κ3) is 2.41. The van der Waals surface area contributed by atoms with Crippen molar-refractivity contribution in [2.24, 2.45) is 0 Å². The van der Waals surface area contributed by atoms with Crippen LogP contribution >= 0.6 is 12.6 Å². The lowest BCUT2D eigenvalue weighted by atomic mass is 9.95. The molecule has 5 heteroatoms. The largest absolute Gasteiger partial charge is 0.394 e. The van der Waals surface area contributed by atoms with E-state index in [0.717, 1.165) is 12.8 Å². The molecule has 1 aliphatic rings. The molecule has 0 bridgehead atoms. The molecule has 0 spiro atoms. The molecule has 0 aromatic rings. The third-order valence-electron chi connectivity index (χ3n) is 2.56. The maximum Gasteiger partial charge on any atom is 0.109 e. The summed E-state index contributed by atoms with van der Waals surface area (Å²) in [6.07, 6.45) is -1.17. The summed E-state index contributed by atoms with van der Waals surface area (Å²) in [6.45, 7) is 1.73. The number of ether oxygens (including phenoxy) is 1.